The van der Waals surface area contributed by atoms with Gasteiger partial charge in [0.2, 0.25) is 11.8 Å². The number of carboxylic acids is 1. The summed E-state index contributed by atoms with van der Waals surface area (Å²) >= 11 is 0. The van der Waals surface area contributed by atoms with E-state index in [4.69, 9.17) is 5.11 Å². The van der Waals surface area contributed by atoms with Crippen molar-refractivity contribution in [2.45, 2.75) is 30.8 Å². The quantitative estimate of drug-likeness (QED) is 0.737. The van der Waals surface area contributed by atoms with Crippen molar-refractivity contribution in [3.8, 4) is 0 Å². The third kappa shape index (κ3) is 2.84. The van der Waals surface area contributed by atoms with Gasteiger partial charge in [0.1, 0.15) is 5.82 Å². The van der Waals surface area contributed by atoms with E-state index in [2.05, 4.69) is 5.32 Å². The van der Waals surface area contributed by atoms with E-state index in [9.17, 15) is 23.9 Å². The largest absolute Gasteiger partial charge is 0.479 e. The van der Waals surface area contributed by atoms with Crippen LogP contribution in [0.4, 0.5) is 10.1 Å². The molecule has 1 atom stereocenters. The van der Waals surface area contributed by atoms with Gasteiger partial charge < -0.3 is 20.4 Å². The number of rotatable bonds is 2. The maximum absolute atomic E-state index is 13.3. The number of halogens is 1. The molecule has 0 bridgehead atoms. The summed E-state index contributed by atoms with van der Waals surface area (Å²) in [6, 6.07) is 3.88. The highest BCUT2D eigenvalue weighted by atomic mass is 19.1. The molecule has 1 aromatic rings. The van der Waals surface area contributed by atoms with Crippen LogP contribution in [-0.2, 0) is 14.4 Å². The number of carbonyl (C=O) groups excluding carboxylic acids is 2. The van der Waals surface area contributed by atoms with Crippen LogP contribution >= 0.6 is 0 Å². The molecule has 2 aliphatic rings. The van der Waals surface area contributed by atoms with Crippen molar-refractivity contribution in [1.29, 1.82) is 0 Å². The lowest BCUT2D eigenvalue weighted by atomic mass is 9.87. The second kappa shape index (κ2) is 5.86. The Balaban J connectivity index is 1.79. The van der Waals surface area contributed by atoms with Crippen molar-refractivity contribution in [2.24, 2.45) is 0 Å². The Labute approximate surface area is 137 Å². The van der Waals surface area contributed by atoms with E-state index in [1.807, 2.05) is 0 Å². The number of carbonyl (C=O) groups is 3. The van der Waals surface area contributed by atoms with Crippen LogP contribution in [0.1, 0.15) is 30.7 Å². The van der Waals surface area contributed by atoms with Crippen molar-refractivity contribution in [2.75, 3.05) is 18.4 Å². The lowest BCUT2D eigenvalue weighted by Crippen LogP contribution is -2.52. The number of nitrogens with one attached hydrogen (secondary N) is 1. The van der Waals surface area contributed by atoms with Crippen molar-refractivity contribution < 1.29 is 29.0 Å². The summed E-state index contributed by atoms with van der Waals surface area (Å²) in [5.41, 5.74) is -0.995. The number of anilines is 1. The Hall–Kier alpha value is -2.48. The van der Waals surface area contributed by atoms with E-state index in [0.29, 0.717) is 5.56 Å². The Bertz CT molecular complexity index is 712. The van der Waals surface area contributed by atoms with Gasteiger partial charge in [0, 0.05) is 38.0 Å². The maximum Gasteiger partial charge on any atom is 0.335 e. The van der Waals surface area contributed by atoms with Crippen LogP contribution < -0.4 is 5.32 Å². The highest BCUT2D eigenvalue weighted by Crippen LogP contribution is 2.35. The lowest BCUT2D eigenvalue weighted by molar-refractivity contribution is -0.165. The molecule has 7 nitrogen and oxygen atoms in total. The fraction of sp³-hybridized carbons (Fsp3) is 0.438. The van der Waals surface area contributed by atoms with E-state index >= 15 is 0 Å². The zero-order valence-corrected chi connectivity index (χ0v) is 12.8. The third-order valence-corrected chi connectivity index (χ3v) is 4.65. The highest BCUT2D eigenvalue weighted by molar-refractivity contribution is 6.01. The number of piperidine rings is 1. The smallest absolute Gasteiger partial charge is 0.335 e. The van der Waals surface area contributed by atoms with E-state index in [1.165, 1.54) is 23.1 Å². The minimum absolute atomic E-state index is 0.0445. The van der Waals surface area contributed by atoms with Crippen LogP contribution in [-0.4, -0.2) is 51.6 Å². The molecule has 128 valence electrons. The maximum atomic E-state index is 13.3. The fourth-order valence-corrected chi connectivity index (χ4v) is 3.19. The van der Waals surface area contributed by atoms with Gasteiger partial charge in [-0.1, -0.05) is 6.07 Å². The van der Waals surface area contributed by atoms with Crippen molar-refractivity contribution in [3.63, 3.8) is 0 Å². The Morgan fingerprint density at radius 3 is 2.58 bits per heavy atom. The van der Waals surface area contributed by atoms with Crippen LogP contribution in [0.5, 0.6) is 0 Å². The molecular formula is C16H17FN2O5. The molecule has 0 radical (unpaired) electrons. The Morgan fingerprint density at radius 2 is 1.96 bits per heavy atom. The molecule has 0 aliphatic carbocycles. The minimum atomic E-state index is -1.82. The molecule has 1 unspecified atom stereocenters. The molecule has 2 aliphatic heterocycles. The molecule has 8 heteroatoms. The number of benzene rings is 1. The van der Waals surface area contributed by atoms with Crippen LogP contribution in [0.15, 0.2) is 18.2 Å². The van der Waals surface area contributed by atoms with Gasteiger partial charge in [-0.05, 0) is 17.7 Å². The lowest BCUT2D eigenvalue weighted by Gasteiger charge is -2.37. The average molecular weight is 336 g/mol. The number of hydrogen-bond acceptors (Lipinski definition) is 4. The van der Waals surface area contributed by atoms with Gasteiger partial charge >= 0.3 is 5.97 Å². The number of aliphatic carboxylic acids is 1. The summed E-state index contributed by atoms with van der Waals surface area (Å²) in [6.07, 6.45) is -0.177. The van der Waals surface area contributed by atoms with E-state index < -0.39 is 23.3 Å². The summed E-state index contributed by atoms with van der Waals surface area (Å²) in [4.78, 5) is 37.1. The third-order valence-electron chi connectivity index (χ3n) is 4.65. The fourth-order valence-electron chi connectivity index (χ4n) is 3.19. The van der Waals surface area contributed by atoms with Gasteiger partial charge in [-0.25, -0.2) is 9.18 Å². The molecule has 2 heterocycles. The van der Waals surface area contributed by atoms with Gasteiger partial charge in [-0.3, -0.25) is 9.59 Å². The van der Waals surface area contributed by atoms with Crippen molar-refractivity contribution >= 4 is 23.5 Å². The first-order chi connectivity index (χ1) is 11.3. The van der Waals surface area contributed by atoms with Crippen LogP contribution in [0, 0.1) is 5.82 Å². The van der Waals surface area contributed by atoms with Gasteiger partial charge in [0.05, 0.1) is 5.92 Å². The summed E-state index contributed by atoms with van der Waals surface area (Å²) in [5.74, 6) is -3.22. The number of aliphatic hydroxyl groups is 1. The first kappa shape index (κ1) is 16.4. The number of likely N-dealkylation sites (tertiary alicyclic amines) is 1. The van der Waals surface area contributed by atoms with Gasteiger partial charge in [0.15, 0.2) is 5.60 Å². The summed E-state index contributed by atoms with van der Waals surface area (Å²) in [6.45, 7) is 0.187. The van der Waals surface area contributed by atoms with Crippen LogP contribution in [0.25, 0.3) is 0 Å². The second-order valence-corrected chi connectivity index (χ2v) is 6.20. The molecule has 1 fully saturated rings. The summed E-state index contributed by atoms with van der Waals surface area (Å²) in [5, 5.41) is 21.5. The first-order valence-electron chi connectivity index (χ1n) is 7.64. The minimum Gasteiger partial charge on any atom is -0.479 e. The SMILES string of the molecule is O=C1CC(C(=O)N2CCC(O)(C(=O)O)CC2)c2ccc(F)cc2N1. The number of nitrogens with zero attached hydrogens (tertiary/aromatic N) is 1. The van der Waals surface area contributed by atoms with E-state index in [0.717, 1.165) is 0 Å². The molecule has 0 saturated carbocycles. The topological polar surface area (TPSA) is 107 Å². The molecule has 3 rings (SSSR count). The molecule has 0 spiro atoms. The summed E-state index contributed by atoms with van der Waals surface area (Å²) < 4.78 is 13.3. The monoisotopic (exact) mass is 336 g/mol. The van der Waals surface area contributed by atoms with Crippen molar-refractivity contribution in [1.82, 2.24) is 4.90 Å². The predicted molar refractivity (Wildman–Crippen MR) is 80.8 cm³/mol. The molecule has 1 aromatic carbocycles. The van der Waals surface area contributed by atoms with E-state index in [-0.39, 0.29) is 49.9 Å². The molecule has 2 amide bonds. The second-order valence-electron chi connectivity index (χ2n) is 6.20. The number of hydrogen-bond donors (Lipinski definition) is 3. The van der Waals surface area contributed by atoms with Gasteiger partial charge in [0.25, 0.3) is 0 Å². The number of fused-ring (bicyclic) bond motifs is 1. The van der Waals surface area contributed by atoms with Crippen LogP contribution in [0.2, 0.25) is 0 Å². The molecule has 24 heavy (non-hydrogen) atoms. The molecule has 3 N–H and O–H groups in total. The number of amides is 2. The van der Waals surface area contributed by atoms with Crippen LogP contribution in [0.3, 0.4) is 0 Å². The van der Waals surface area contributed by atoms with Gasteiger partial charge in [-0.2, -0.15) is 0 Å². The standard InChI is InChI=1S/C16H17FN2O5/c17-9-1-2-10-11(8-13(20)18-12(10)7-9)14(21)19-5-3-16(24,4-6-19)15(22)23/h1-2,7,11,24H,3-6,8H2,(H,18,20)(H,22,23). The van der Waals surface area contributed by atoms with Crippen molar-refractivity contribution in [3.05, 3.63) is 29.6 Å². The first-order valence-corrected chi connectivity index (χ1v) is 7.64. The zero-order valence-electron chi connectivity index (χ0n) is 12.8. The summed E-state index contributed by atoms with van der Waals surface area (Å²) in [7, 11) is 0. The average Bonchev–Trinajstić information content (AvgIpc) is 2.53. The zero-order chi connectivity index (χ0) is 17.5. The molecular weight excluding hydrogens is 319 g/mol. The van der Waals surface area contributed by atoms with E-state index in [1.54, 1.807) is 0 Å². The predicted octanol–water partition coefficient (Wildman–Crippen LogP) is 0.690. The Kier molecular flexibility index (Phi) is 4.00. The Morgan fingerprint density at radius 1 is 1.29 bits per heavy atom. The molecule has 1 saturated heterocycles. The van der Waals surface area contributed by atoms with Gasteiger partial charge in [-0.15, -0.1) is 0 Å². The molecule has 0 aromatic heterocycles. The normalized spacial score (nSPS) is 22.5. The number of carboxylic acid groups (broad SMARTS) is 1. The highest BCUT2D eigenvalue weighted by Gasteiger charge is 2.42.